The topological polar surface area (TPSA) is 60.5 Å². The average Bonchev–Trinajstić information content (AvgIpc) is 3.16. The van der Waals surface area contributed by atoms with Crippen LogP contribution in [0.25, 0.3) is 10.6 Å². The number of nitrogens with zero attached hydrogens (tertiary/aromatic N) is 1. The summed E-state index contributed by atoms with van der Waals surface area (Å²) in [6.45, 7) is 2.81. The molecule has 0 spiro atoms. The van der Waals surface area contributed by atoms with Crippen LogP contribution < -0.4 is 14.8 Å². The number of methoxy groups -OCH3 is 1. The molecule has 26 heavy (non-hydrogen) atoms. The molecule has 0 aliphatic carbocycles. The molecule has 5 nitrogen and oxygen atoms in total. The van der Waals surface area contributed by atoms with Gasteiger partial charge in [0.05, 0.1) is 26.0 Å². The van der Waals surface area contributed by atoms with Crippen molar-refractivity contribution in [2.75, 3.05) is 13.7 Å². The lowest BCUT2D eigenvalue weighted by Crippen LogP contribution is -2.23. The fraction of sp³-hybridized carbons (Fsp3) is 0.200. The van der Waals surface area contributed by atoms with Crippen molar-refractivity contribution in [1.82, 2.24) is 10.3 Å². The van der Waals surface area contributed by atoms with Crippen LogP contribution in [0.3, 0.4) is 0 Å². The smallest absolute Gasteiger partial charge is 0.251 e. The molecular formula is C20H20N2O3S. The van der Waals surface area contributed by atoms with E-state index < -0.39 is 0 Å². The van der Waals surface area contributed by atoms with E-state index in [0.717, 1.165) is 16.3 Å². The maximum Gasteiger partial charge on any atom is 0.251 e. The number of nitrogens with one attached hydrogen (secondary N) is 1. The van der Waals surface area contributed by atoms with Gasteiger partial charge in [-0.3, -0.25) is 4.79 Å². The van der Waals surface area contributed by atoms with Crippen molar-refractivity contribution in [1.29, 1.82) is 0 Å². The molecule has 0 bridgehead atoms. The molecule has 1 aromatic heterocycles. The molecule has 0 saturated carbocycles. The lowest BCUT2D eigenvalue weighted by molar-refractivity contribution is 0.0950. The minimum Gasteiger partial charge on any atom is -0.493 e. The number of amides is 1. The molecule has 6 heteroatoms. The molecule has 1 heterocycles. The van der Waals surface area contributed by atoms with Gasteiger partial charge >= 0.3 is 0 Å². The van der Waals surface area contributed by atoms with E-state index in [1.165, 1.54) is 0 Å². The van der Waals surface area contributed by atoms with Crippen LogP contribution in [0.5, 0.6) is 11.5 Å². The first kappa shape index (κ1) is 17.9. The quantitative estimate of drug-likeness (QED) is 0.681. The molecule has 0 aliphatic heterocycles. The van der Waals surface area contributed by atoms with Gasteiger partial charge in [-0.25, -0.2) is 4.98 Å². The number of hydrogen-bond donors (Lipinski definition) is 1. The van der Waals surface area contributed by atoms with Crippen LogP contribution in [-0.4, -0.2) is 24.6 Å². The summed E-state index contributed by atoms with van der Waals surface area (Å²) in [5, 5.41) is 5.79. The van der Waals surface area contributed by atoms with Gasteiger partial charge in [-0.05, 0) is 25.1 Å². The summed E-state index contributed by atoms with van der Waals surface area (Å²) < 4.78 is 10.8. The average molecular weight is 368 g/mol. The van der Waals surface area contributed by atoms with Gasteiger partial charge in [-0.2, -0.15) is 0 Å². The van der Waals surface area contributed by atoms with Gasteiger partial charge in [0, 0.05) is 16.5 Å². The third-order valence-corrected chi connectivity index (χ3v) is 4.67. The number of carbonyl (C=O) groups excluding carboxylic acids is 1. The molecule has 0 unspecified atom stereocenters. The maximum absolute atomic E-state index is 12.4. The van der Waals surface area contributed by atoms with E-state index in [0.29, 0.717) is 30.2 Å². The summed E-state index contributed by atoms with van der Waals surface area (Å²) in [5.74, 6) is 0.985. The highest BCUT2D eigenvalue weighted by molar-refractivity contribution is 7.13. The molecule has 1 N–H and O–H groups in total. The zero-order valence-electron chi connectivity index (χ0n) is 14.7. The summed E-state index contributed by atoms with van der Waals surface area (Å²) in [6.07, 6.45) is 0. The van der Waals surface area contributed by atoms with Crippen molar-refractivity contribution < 1.29 is 14.3 Å². The predicted molar refractivity (Wildman–Crippen MR) is 103 cm³/mol. The van der Waals surface area contributed by atoms with Crippen molar-refractivity contribution in [3.8, 4) is 22.1 Å². The number of thiazole rings is 1. The standard InChI is InChI=1S/C20H20N2O3S/c1-3-25-17-10-9-15(11-18(17)24-2)19(23)21-12-16-13-26-20(22-16)14-7-5-4-6-8-14/h4-11,13H,3,12H2,1-2H3,(H,21,23). The second-order valence-electron chi connectivity index (χ2n) is 5.49. The van der Waals surface area contributed by atoms with Crippen molar-refractivity contribution in [3.63, 3.8) is 0 Å². The summed E-state index contributed by atoms with van der Waals surface area (Å²) >= 11 is 1.56. The number of ether oxygens (including phenoxy) is 2. The van der Waals surface area contributed by atoms with Gasteiger partial charge in [0.25, 0.3) is 5.91 Å². The first-order chi connectivity index (χ1) is 12.7. The Hall–Kier alpha value is -2.86. The number of hydrogen-bond acceptors (Lipinski definition) is 5. The monoisotopic (exact) mass is 368 g/mol. The Kier molecular flexibility index (Phi) is 5.86. The van der Waals surface area contributed by atoms with Crippen molar-refractivity contribution in [2.24, 2.45) is 0 Å². The minimum absolute atomic E-state index is 0.180. The molecular weight excluding hydrogens is 348 g/mol. The normalized spacial score (nSPS) is 10.4. The van der Waals surface area contributed by atoms with E-state index >= 15 is 0 Å². The highest BCUT2D eigenvalue weighted by Crippen LogP contribution is 2.28. The molecule has 1 amide bonds. The second-order valence-corrected chi connectivity index (χ2v) is 6.35. The Morgan fingerprint density at radius 1 is 1.15 bits per heavy atom. The van der Waals surface area contributed by atoms with Crippen LogP contribution in [0.15, 0.2) is 53.9 Å². The van der Waals surface area contributed by atoms with Gasteiger partial charge < -0.3 is 14.8 Å². The molecule has 0 saturated heterocycles. The largest absolute Gasteiger partial charge is 0.493 e. The third-order valence-electron chi connectivity index (χ3n) is 3.73. The van der Waals surface area contributed by atoms with E-state index in [2.05, 4.69) is 10.3 Å². The molecule has 2 aromatic carbocycles. The summed E-state index contributed by atoms with van der Waals surface area (Å²) in [4.78, 5) is 17.0. The van der Waals surface area contributed by atoms with Gasteiger partial charge in [-0.15, -0.1) is 11.3 Å². The van der Waals surface area contributed by atoms with Crippen molar-refractivity contribution in [3.05, 3.63) is 65.2 Å². The molecule has 0 fully saturated rings. The Morgan fingerprint density at radius 2 is 1.96 bits per heavy atom. The fourth-order valence-corrected chi connectivity index (χ4v) is 3.28. The Bertz CT molecular complexity index is 878. The predicted octanol–water partition coefficient (Wildman–Crippen LogP) is 4.15. The van der Waals surface area contributed by atoms with Crippen LogP contribution in [0, 0.1) is 0 Å². The van der Waals surface area contributed by atoms with E-state index in [1.54, 1.807) is 36.6 Å². The summed E-state index contributed by atoms with van der Waals surface area (Å²) in [7, 11) is 1.56. The Labute approximate surface area is 156 Å². The molecule has 0 atom stereocenters. The number of aromatic nitrogens is 1. The molecule has 0 radical (unpaired) electrons. The van der Waals surface area contributed by atoms with Crippen LogP contribution in [0.2, 0.25) is 0 Å². The van der Waals surface area contributed by atoms with Gasteiger partial charge in [-0.1, -0.05) is 30.3 Å². The highest BCUT2D eigenvalue weighted by atomic mass is 32.1. The maximum atomic E-state index is 12.4. The van der Waals surface area contributed by atoms with Crippen molar-refractivity contribution in [2.45, 2.75) is 13.5 Å². The van der Waals surface area contributed by atoms with Crippen molar-refractivity contribution >= 4 is 17.2 Å². The van der Waals surface area contributed by atoms with Crippen LogP contribution in [0.1, 0.15) is 23.0 Å². The molecule has 3 aromatic rings. The SMILES string of the molecule is CCOc1ccc(C(=O)NCc2csc(-c3ccccc3)n2)cc1OC. The van der Waals surface area contributed by atoms with Crippen LogP contribution >= 0.6 is 11.3 Å². The van der Waals surface area contributed by atoms with E-state index in [-0.39, 0.29) is 5.91 Å². The molecule has 134 valence electrons. The fourth-order valence-electron chi connectivity index (χ4n) is 2.46. The van der Waals surface area contributed by atoms with E-state index in [1.807, 2.05) is 42.6 Å². The van der Waals surface area contributed by atoms with E-state index in [9.17, 15) is 4.79 Å². The van der Waals surface area contributed by atoms with Gasteiger partial charge in [0.1, 0.15) is 5.01 Å². The lowest BCUT2D eigenvalue weighted by atomic mass is 10.2. The number of benzene rings is 2. The summed E-state index contributed by atoms with van der Waals surface area (Å²) in [5.41, 5.74) is 2.43. The lowest BCUT2D eigenvalue weighted by Gasteiger charge is -2.11. The Balaban J connectivity index is 1.65. The minimum atomic E-state index is -0.180. The van der Waals surface area contributed by atoms with E-state index in [4.69, 9.17) is 9.47 Å². The first-order valence-corrected chi connectivity index (χ1v) is 9.18. The molecule has 0 aliphatic rings. The number of rotatable bonds is 7. The summed E-state index contributed by atoms with van der Waals surface area (Å²) in [6, 6.07) is 15.1. The van der Waals surface area contributed by atoms with Gasteiger partial charge in [0.2, 0.25) is 0 Å². The second kappa shape index (κ2) is 8.49. The zero-order chi connectivity index (χ0) is 18.4. The first-order valence-electron chi connectivity index (χ1n) is 8.30. The van der Waals surface area contributed by atoms with Gasteiger partial charge in [0.15, 0.2) is 11.5 Å². The number of carbonyl (C=O) groups is 1. The van der Waals surface area contributed by atoms with Crippen LogP contribution in [-0.2, 0) is 6.54 Å². The van der Waals surface area contributed by atoms with Crippen LogP contribution in [0.4, 0.5) is 0 Å². The zero-order valence-corrected chi connectivity index (χ0v) is 15.5. The Morgan fingerprint density at radius 3 is 2.69 bits per heavy atom. The highest BCUT2D eigenvalue weighted by Gasteiger charge is 2.12. The molecule has 3 rings (SSSR count). The third kappa shape index (κ3) is 4.21.